The zero-order valence-corrected chi connectivity index (χ0v) is 11.7. The Labute approximate surface area is 110 Å². The Morgan fingerprint density at radius 2 is 2.28 bits per heavy atom. The number of hydrogen-bond donors (Lipinski definition) is 1. The zero-order chi connectivity index (χ0) is 13.2. The van der Waals surface area contributed by atoms with Gasteiger partial charge in [-0.25, -0.2) is 0 Å². The summed E-state index contributed by atoms with van der Waals surface area (Å²) in [5.74, 6) is 0. The zero-order valence-electron chi connectivity index (χ0n) is 11.7. The van der Waals surface area contributed by atoms with Crippen molar-refractivity contribution in [1.82, 2.24) is 9.78 Å². The maximum atomic E-state index is 6.30. The molecule has 1 aliphatic rings. The smallest absolute Gasteiger partial charge is 0.0832 e. The molecule has 1 aromatic heterocycles. The van der Waals surface area contributed by atoms with E-state index in [0.29, 0.717) is 6.04 Å². The van der Waals surface area contributed by atoms with Gasteiger partial charge >= 0.3 is 0 Å². The van der Waals surface area contributed by atoms with Gasteiger partial charge < -0.3 is 10.5 Å². The third-order valence-corrected chi connectivity index (χ3v) is 4.42. The van der Waals surface area contributed by atoms with Gasteiger partial charge in [-0.3, -0.25) is 4.68 Å². The number of aromatic nitrogens is 2. The minimum absolute atomic E-state index is 0.0523. The Morgan fingerprint density at radius 3 is 2.78 bits per heavy atom. The van der Waals surface area contributed by atoms with Gasteiger partial charge in [0.25, 0.3) is 0 Å². The van der Waals surface area contributed by atoms with Gasteiger partial charge in [0.15, 0.2) is 0 Å². The van der Waals surface area contributed by atoms with Crippen molar-refractivity contribution in [2.75, 3.05) is 7.11 Å². The molecule has 102 valence electrons. The molecule has 1 saturated carbocycles. The molecule has 1 aliphatic carbocycles. The lowest BCUT2D eigenvalue weighted by Crippen LogP contribution is -2.55. The molecule has 0 aliphatic heterocycles. The number of rotatable bonds is 6. The predicted octanol–water partition coefficient (Wildman–Crippen LogP) is 2.29. The Bertz CT molecular complexity index is 379. The topological polar surface area (TPSA) is 53.1 Å². The summed E-state index contributed by atoms with van der Waals surface area (Å²) in [5, 5.41) is 4.61. The van der Waals surface area contributed by atoms with E-state index in [0.717, 1.165) is 31.4 Å². The van der Waals surface area contributed by atoms with Gasteiger partial charge in [-0.15, -0.1) is 0 Å². The third-order valence-electron chi connectivity index (χ3n) is 4.42. The quantitative estimate of drug-likeness (QED) is 0.844. The van der Waals surface area contributed by atoms with Crippen LogP contribution in [0.4, 0.5) is 0 Å². The van der Waals surface area contributed by atoms with Crippen LogP contribution < -0.4 is 5.73 Å². The molecule has 1 aromatic rings. The minimum atomic E-state index is -0.0971. The summed E-state index contributed by atoms with van der Waals surface area (Å²) in [4.78, 5) is 0. The summed E-state index contributed by atoms with van der Waals surface area (Å²) in [6, 6.07) is 2.58. The molecule has 0 radical (unpaired) electrons. The molecular weight excluding hydrogens is 226 g/mol. The van der Waals surface area contributed by atoms with E-state index >= 15 is 0 Å². The van der Waals surface area contributed by atoms with Crippen LogP contribution in [0.5, 0.6) is 0 Å². The lowest BCUT2D eigenvalue weighted by atomic mass is 9.73. The lowest BCUT2D eigenvalue weighted by molar-refractivity contribution is -0.0898. The highest BCUT2D eigenvalue weighted by Crippen LogP contribution is 2.38. The molecule has 0 spiro atoms. The molecular formula is C14H25N3O. The summed E-state index contributed by atoms with van der Waals surface area (Å²) in [5.41, 5.74) is 7.28. The molecule has 2 atom stereocenters. The lowest BCUT2D eigenvalue weighted by Gasteiger charge is -2.44. The molecule has 0 bridgehead atoms. The molecule has 2 unspecified atom stereocenters. The van der Waals surface area contributed by atoms with Crippen LogP contribution in [0, 0.1) is 0 Å². The molecule has 0 saturated heterocycles. The van der Waals surface area contributed by atoms with Gasteiger partial charge in [0.2, 0.25) is 0 Å². The van der Waals surface area contributed by atoms with Crippen LogP contribution in [0.3, 0.4) is 0 Å². The first-order chi connectivity index (χ1) is 8.61. The molecule has 2 rings (SSSR count). The van der Waals surface area contributed by atoms with Crippen LogP contribution in [-0.2, 0) is 11.2 Å². The van der Waals surface area contributed by atoms with E-state index in [1.54, 1.807) is 7.11 Å². The maximum absolute atomic E-state index is 6.30. The van der Waals surface area contributed by atoms with Crippen molar-refractivity contribution in [3.63, 3.8) is 0 Å². The van der Waals surface area contributed by atoms with E-state index in [-0.39, 0.29) is 11.6 Å². The summed E-state index contributed by atoms with van der Waals surface area (Å²) in [6.07, 6.45) is 7.33. The molecule has 4 nitrogen and oxygen atoms in total. The largest absolute Gasteiger partial charge is 0.377 e. The second-order valence-electron chi connectivity index (χ2n) is 5.48. The predicted molar refractivity (Wildman–Crippen MR) is 72.5 cm³/mol. The van der Waals surface area contributed by atoms with Crippen LogP contribution in [0.15, 0.2) is 12.3 Å². The highest BCUT2D eigenvalue weighted by Gasteiger charge is 2.42. The van der Waals surface area contributed by atoms with Crippen molar-refractivity contribution in [3.05, 3.63) is 18.0 Å². The van der Waals surface area contributed by atoms with Gasteiger partial charge in [0.1, 0.15) is 0 Å². The Hall–Kier alpha value is -0.870. The van der Waals surface area contributed by atoms with Crippen LogP contribution >= 0.6 is 0 Å². The van der Waals surface area contributed by atoms with Crippen molar-refractivity contribution in [2.45, 2.75) is 63.6 Å². The van der Waals surface area contributed by atoms with E-state index in [4.69, 9.17) is 10.5 Å². The minimum Gasteiger partial charge on any atom is -0.377 e. The van der Waals surface area contributed by atoms with Crippen molar-refractivity contribution in [3.8, 4) is 0 Å². The van der Waals surface area contributed by atoms with Crippen LogP contribution in [-0.4, -0.2) is 28.5 Å². The SMILES string of the molecule is CCC(C)n1ccc(CC(N)C2(OC)CCC2)n1. The van der Waals surface area contributed by atoms with Gasteiger partial charge in [0.05, 0.1) is 11.3 Å². The summed E-state index contributed by atoms with van der Waals surface area (Å²) in [6.45, 7) is 4.35. The van der Waals surface area contributed by atoms with E-state index in [1.165, 1.54) is 6.42 Å². The van der Waals surface area contributed by atoms with E-state index in [9.17, 15) is 0 Å². The number of nitrogens with zero attached hydrogens (tertiary/aromatic N) is 2. The highest BCUT2D eigenvalue weighted by atomic mass is 16.5. The van der Waals surface area contributed by atoms with Crippen LogP contribution in [0.2, 0.25) is 0 Å². The molecule has 1 fully saturated rings. The first kappa shape index (κ1) is 13.6. The summed E-state index contributed by atoms with van der Waals surface area (Å²) in [7, 11) is 1.77. The average Bonchev–Trinajstić information content (AvgIpc) is 2.76. The van der Waals surface area contributed by atoms with Gasteiger partial charge in [-0.2, -0.15) is 5.10 Å². The number of methoxy groups -OCH3 is 1. The van der Waals surface area contributed by atoms with Crippen LogP contribution in [0.1, 0.15) is 51.3 Å². The van der Waals surface area contributed by atoms with E-state index in [2.05, 4.69) is 31.2 Å². The first-order valence-corrected chi connectivity index (χ1v) is 6.96. The second kappa shape index (κ2) is 5.41. The number of ether oxygens (including phenoxy) is 1. The maximum Gasteiger partial charge on any atom is 0.0832 e. The molecule has 1 heterocycles. The van der Waals surface area contributed by atoms with Gasteiger partial charge in [0, 0.05) is 31.8 Å². The molecule has 4 heteroatoms. The Balaban J connectivity index is 1.99. The van der Waals surface area contributed by atoms with E-state index in [1.807, 2.05) is 4.68 Å². The van der Waals surface area contributed by atoms with Crippen molar-refractivity contribution in [2.24, 2.45) is 5.73 Å². The molecule has 0 amide bonds. The summed E-state index contributed by atoms with van der Waals surface area (Å²) < 4.78 is 7.65. The average molecular weight is 251 g/mol. The first-order valence-electron chi connectivity index (χ1n) is 6.96. The monoisotopic (exact) mass is 251 g/mol. The highest BCUT2D eigenvalue weighted by molar-refractivity contribution is 5.08. The van der Waals surface area contributed by atoms with Crippen molar-refractivity contribution >= 4 is 0 Å². The Kier molecular flexibility index (Phi) is 4.07. The van der Waals surface area contributed by atoms with E-state index < -0.39 is 0 Å². The summed E-state index contributed by atoms with van der Waals surface area (Å²) >= 11 is 0. The van der Waals surface area contributed by atoms with Crippen LogP contribution in [0.25, 0.3) is 0 Å². The van der Waals surface area contributed by atoms with Gasteiger partial charge in [-0.05, 0) is 38.7 Å². The Morgan fingerprint density at radius 1 is 1.56 bits per heavy atom. The van der Waals surface area contributed by atoms with Crippen molar-refractivity contribution < 1.29 is 4.74 Å². The second-order valence-corrected chi connectivity index (χ2v) is 5.48. The van der Waals surface area contributed by atoms with Crippen molar-refractivity contribution in [1.29, 1.82) is 0 Å². The molecule has 2 N–H and O–H groups in total. The fourth-order valence-corrected chi connectivity index (χ4v) is 2.58. The number of nitrogens with two attached hydrogens (primary N) is 1. The third kappa shape index (κ3) is 2.45. The molecule has 0 aromatic carbocycles. The fraction of sp³-hybridized carbons (Fsp3) is 0.786. The molecule has 18 heavy (non-hydrogen) atoms. The standard InChI is InChI=1S/C14H25N3O/c1-4-11(2)17-9-6-12(16-17)10-13(15)14(18-3)7-5-8-14/h6,9,11,13H,4-5,7-8,10,15H2,1-3H3. The normalized spacial score (nSPS) is 21.3. The number of hydrogen-bond acceptors (Lipinski definition) is 3. The van der Waals surface area contributed by atoms with Gasteiger partial charge in [-0.1, -0.05) is 6.92 Å². The fourth-order valence-electron chi connectivity index (χ4n) is 2.58.